The zero-order valence-corrected chi connectivity index (χ0v) is 16.4. The molecule has 1 aromatic rings. The van der Waals surface area contributed by atoms with Crippen molar-refractivity contribution >= 4 is 11.9 Å². The third-order valence-corrected chi connectivity index (χ3v) is 3.17. The van der Waals surface area contributed by atoms with Gasteiger partial charge in [0.05, 0.1) is 13.2 Å². The summed E-state index contributed by atoms with van der Waals surface area (Å²) in [5.41, 5.74) is 0.139. The van der Waals surface area contributed by atoms with Crippen LogP contribution in [0.2, 0.25) is 0 Å². The second kappa shape index (κ2) is 10.5. The topological polar surface area (TPSA) is 84.0 Å². The van der Waals surface area contributed by atoms with E-state index in [1.807, 2.05) is 20.8 Å². The quantitative estimate of drug-likeness (QED) is 0.472. The van der Waals surface area contributed by atoms with Crippen LogP contribution < -0.4 is 25.4 Å². The third kappa shape index (κ3) is 8.57. The molecule has 0 fully saturated rings. The first-order chi connectivity index (χ1) is 12.7. The molecule has 7 nitrogen and oxygen atoms in total. The number of alkyl halides is 2. The minimum atomic E-state index is -2.97. The summed E-state index contributed by atoms with van der Waals surface area (Å²) in [6, 6.07) is 4.90. The average Bonchev–Trinajstić information content (AvgIpc) is 2.55. The van der Waals surface area contributed by atoms with Crippen molar-refractivity contribution in [2.24, 2.45) is 4.99 Å². The van der Waals surface area contributed by atoms with Gasteiger partial charge in [0.25, 0.3) is 0 Å². The fourth-order valence-corrected chi connectivity index (χ4v) is 2.22. The molecule has 0 bridgehead atoms. The first kappa shape index (κ1) is 22.5. The number of ether oxygens (including phenoxy) is 2. The molecular formula is C18H28F2N4O3. The van der Waals surface area contributed by atoms with Crippen LogP contribution in [0, 0.1) is 0 Å². The van der Waals surface area contributed by atoms with Crippen molar-refractivity contribution in [2.45, 2.75) is 46.4 Å². The molecule has 1 amide bonds. The Labute approximate surface area is 158 Å². The lowest BCUT2D eigenvalue weighted by atomic mass is 10.1. The first-order valence-corrected chi connectivity index (χ1v) is 8.61. The Morgan fingerprint density at radius 1 is 1.26 bits per heavy atom. The van der Waals surface area contributed by atoms with Crippen LogP contribution >= 0.6 is 0 Å². The Kier molecular flexibility index (Phi) is 8.77. The van der Waals surface area contributed by atoms with Crippen LogP contribution in [0.5, 0.6) is 11.5 Å². The third-order valence-electron chi connectivity index (χ3n) is 3.17. The van der Waals surface area contributed by atoms with Crippen molar-refractivity contribution in [3.8, 4) is 11.5 Å². The summed E-state index contributed by atoms with van der Waals surface area (Å²) >= 11 is 0. The van der Waals surface area contributed by atoms with Crippen molar-refractivity contribution < 1.29 is 23.0 Å². The van der Waals surface area contributed by atoms with E-state index in [9.17, 15) is 13.6 Å². The number of benzene rings is 1. The van der Waals surface area contributed by atoms with E-state index < -0.39 is 6.61 Å². The molecular weight excluding hydrogens is 358 g/mol. The van der Waals surface area contributed by atoms with Crippen LogP contribution in [0.15, 0.2) is 23.2 Å². The van der Waals surface area contributed by atoms with E-state index in [1.54, 1.807) is 32.2 Å². The van der Waals surface area contributed by atoms with Crippen LogP contribution in [0.1, 0.15) is 33.3 Å². The highest BCUT2D eigenvalue weighted by Crippen LogP contribution is 2.32. The number of nitrogens with zero attached hydrogens (tertiary/aromatic N) is 1. The molecule has 0 aliphatic heterocycles. The highest BCUT2D eigenvalue weighted by molar-refractivity contribution is 5.86. The Balaban J connectivity index is 2.74. The van der Waals surface area contributed by atoms with Crippen LogP contribution in [0.4, 0.5) is 8.78 Å². The number of rotatable bonds is 8. The van der Waals surface area contributed by atoms with Gasteiger partial charge in [-0.1, -0.05) is 12.1 Å². The van der Waals surface area contributed by atoms with Gasteiger partial charge < -0.3 is 25.4 Å². The summed E-state index contributed by atoms with van der Waals surface area (Å²) in [7, 11) is 1.55. The lowest BCUT2D eigenvalue weighted by Crippen LogP contribution is -2.48. The van der Waals surface area contributed by atoms with Gasteiger partial charge in [-0.05, 0) is 33.8 Å². The number of carbonyl (C=O) groups excluding carboxylic acids is 1. The molecule has 9 heteroatoms. The summed E-state index contributed by atoms with van der Waals surface area (Å²) < 4.78 is 35.5. The van der Waals surface area contributed by atoms with Gasteiger partial charge in [-0.2, -0.15) is 8.78 Å². The molecule has 1 rings (SSSR count). The number of amides is 1. The van der Waals surface area contributed by atoms with Gasteiger partial charge in [0.2, 0.25) is 5.91 Å². The van der Waals surface area contributed by atoms with Gasteiger partial charge in [0.15, 0.2) is 17.5 Å². The molecule has 0 unspecified atom stereocenters. The highest BCUT2D eigenvalue weighted by atomic mass is 19.3. The lowest BCUT2D eigenvalue weighted by Gasteiger charge is -2.21. The van der Waals surface area contributed by atoms with Gasteiger partial charge in [0.1, 0.15) is 0 Å². The van der Waals surface area contributed by atoms with Gasteiger partial charge in [0, 0.05) is 24.7 Å². The fraction of sp³-hybridized carbons (Fsp3) is 0.556. The molecule has 0 heterocycles. The molecule has 3 N–H and O–H groups in total. The molecule has 0 aliphatic rings. The fourth-order valence-electron chi connectivity index (χ4n) is 2.22. The van der Waals surface area contributed by atoms with Gasteiger partial charge in [-0.3, -0.25) is 9.79 Å². The molecule has 152 valence electrons. The molecule has 27 heavy (non-hydrogen) atoms. The molecule has 0 aliphatic carbocycles. The molecule has 0 aromatic heterocycles. The SMILES string of the molecule is CCOc1cccc(CNC(=NC)NCC(=O)NC(C)(C)C)c1OC(F)F. The van der Waals surface area contributed by atoms with Crippen molar-refractivity contribution in [2.75, 3.05) is 20.2 Å². The summed E-state index contributed by atoms with van der Waals surface area (Å²) in [6.07, 6.45) is 0. The maximum Gasteiger partial charge on any atom is 0.387 e. The van der Waals surface area contributed by atoms with Gasteiger partial charge >= 0.3 is 6.61 Å². The molecule has 0 atom stereocenters. The standard InChI is InChI=1S/C18H28F2N4O3/c1-6-26-13-9-7-8-12(15(13)27-16(19)20)10-22-17(21-5)23-11-14(25)24-18(2,3)4/h7-9,16H,6,10-11H2,1-5H3,(H,24,25)(H2,21,22,23). The van der Waals surface area contributed by atoms with E-state index >= 15 is 0 Å². The van der Waals surface area contributed by atoms with E-state index in [-0.39, 0.29) is 36.0 Å². The van der Waals surface area contributed by atoms with E-state index in [0.29, 0.717) is 18.1 Å². The van der Waals surface area contributed by atoms with Crippen LogP contribution in [-0.4, -0.2) is 44.2 Å². The lowest BCUT2D eigenvalue weighted by molar-refractivity contribution is -0.121. The Morgan fingerprint density at radius 2 is 1.96 bits per heavy atom. The smallest absolute Gasteiger partial charge is 0.387 e. The Bertz CT molecular complexity index is 646. The normalized spacial score (nSPS) is 11.9. The van der Waals surface area contributed by atoms with Crippen molar-refractivity contribution in [3.63, 3.8) is 0 Å². The molecule has 0 saturated heterocycles. The second-order valence-corrected chi connectivity index (χ2v) is 6.63. The number of aliphatic imine (C=N–C) groups is 1. The maximum atomic E-state index is 12.8. The number of halogens is 2. The predicted molar refractivity (Wildman–Crippen MR) is 100 cm³/mol. The minimum Gasteiger partial charge on any atom is -0.490 e. The van der Waals surface area contributed by atoms with Crippen LogP contribution in [0.3, 0.4) is 0 Å². The van der Waals surface area contributed by atoms with E-state index in [0.717, 1.165) is 0 Å². The highest BCUT2D eigenvalue weighted by Gasteiger charge is 2.17. The average molecular weight is 386 g/mol. The van der Waals surface area contributed by atoms with E-state index in [1.165, 1.54) is 0 Å². The number of hydrogen-bond donors (Lipinski definition) is 3. The van der Waals surface area contributed by atoms with E-state index in [4.69, 9.17) is 4.74 Å². The van der Waals surface area contributed by atoms with Crippen LogP contribution in [-0.2, 0) is 11.3 Å². The summed E-state index contributed by atoms with van der Waals surface area (Å²) in [5, 5.41) is 8.65. The number of carbonyl (C=O) groups is 1. The minimum absolute atomic E-state index is 0.0241. The summed E-state index contributed by atoms with van der Waals surface area (Å²) in [5.74, 6) is 0.377. The zero-order chi connectivity index (χ0) is 20.4. The second-order valence-electron chi connectivity index (χ2n) is 6.63. The number of nitrogens with one attached hydrogen (secondary N) is 3. The maximum absolute atomic E-state index is 12.8. The largest absolute Gasteiger partial charge is 0.490 e. The van der Waals surface area contributed by atoms with Gasteiger partial charge in [-0.25, -0.2) is 0 Å². The van der Waals surface area contributed by atoms with Gasteiger partial charge in [-0.15, -0.1) is 0 Å². The molecule has 0 spiro atoms. The predicted octanol–water partition coefficient (Wildman–Crippen LogP) is 2.27. The van der Waals surface area contributed by atoms with Crippen LogP contribution in [0.25, 0.3) is 0 Å². The summed E-state index contributed by atoms with van der Waals surface area (Å²) in [4.78, 5) is 15.9. The van der Waals surface area contributed by atoms with Crippen molar-refractivity contribution in [1.82, 2.24) is 16.0 Å². The number of hydrogen-bond acceptors (Lipinski definition) is 4. The monoisotopic (exact) mass is 386 g/mol. The number of guanidine groups is 1. The van der Waals surface area contributed by atoms with Crippen molar-refractivity contribution in [3.05, 3.63) is 23.8 Å². The number of para-hydroxylation sites is 1. The molecule has 1 aromatic carbocycles. The summed E-state index contributed by atoms with van der Waals surface area (Å²) in [6.45, 7) is 4.94. The first-order valence-electron chi connectivity index (χ1n) is 8.61. The molecule has 0 saturated carbocycles. The zero-order valence-electron chi connectivity index (χ0n) is 16.4. The Hall–Kier alpha value is -2.58. The Morgan fingerprint density at radius 3 is 2.52 bits per heavy atom. The van der Waals surface area contributed by atoms with Crippen molar-refractivity contribution in [1.29, 1.82) is 0 Å². The van der Waals surface area contributed by atoms with E-state index in [2.05, 4.69) is 25.7 Å². The molecule has 0 radical (unpaired) electrons.